The van der Waals surface area contributed by atoms with E-state index < -0.39 is 0 Å². The molecule has 3 nitrogen and oxygen atoms in total. The van der Waals surface area contributed by atoms with Crippen LogP contribution in [0.5, 0.6) is 0 Å². The Bertz CT molecular complexity index is 288. The number of hydrogen-bond acceptors (Lipinski definition) is 3. The molecule has 0 aliphatic rings. The lowest BCUT2D eigenvalue weighted by Crippen LogP contribution is -1.95. The van der Waals surface area contributed by atoms with Gasteiger partial charge in [-0.15, -0.1) is 0 Å². The van der Waals surface area contributed by atoms with E-state index in [2.05, 4.69) is 10.1 Å². The highest BCUT2D eigenvalue weighted by molar-refractivity contribution is 6.70. The normalized spacial score (nSPS) is 11.6. The number of rotatable bonds is 1. The highest BCUT2D eigenvalue weighted by Gasteiger charge is 2.05. The average molecular weight is 191 g/mol. The molecule has 0 aliphatic heterocycles. The first-order chi connectivity index (χ1) is 5.25. The van der Waals surface area contributed by atoms with E-state index in [0.717, 1.165) is 0 Å². The molecule has 0 radical (unpaired) electrons. The second kappa shape index (κ2) is 3.55. The standard InChI is InChI=1S/C6H4Cl2N2O/c7-4-2-1-3-9-5(4)6(8)10-11/h1-3,11H. The largest absolute Gasteiger partial charge is 0.410 e. The minimum absolute atomic E-state index is 0.115. The molecule has 0 spiro atoms. The van der Waals surface area contributed by atoms with Gasteiger partial charge in [0.1, 0.15) is 5.69 Å². The van der Waals surface area contributed by atoms with Crippen LogP contribution in [-0.4, -0.2) is 15.4 Å². The number of aromatic nitrogens is 1. The van der Waals surface area contributed by atoms with Crippen LogP contribution >= 0.6 is 23.2 Å². The third-order valence-corrected chi connectivity index (χ3v) is 1.60. The molecule has 0 atom stereocenters. The van der Waals surface area contributed by atoms with Gasteiger partial charge in [-0.1, -0.05) is 28.4 Å². The highest BCUT2D eigenvalue weighted by Crippen LogP contribution is 2.14. The first kappa shape index (κ1) is 8.30. The maximum absolute atomic E-state index is 8.27. The monoisotopic (exact) mass is 190 g/mol. The summed E-state index contributed by atoms with van der Waals surface area (Å²) in [5, 5.41) is 11.3. The van der Waals surface area contributed by atoms with E-state index in [9.17, 15) is 0 Å². The molecule has 0 bridgehead atoms. The van der Waals surface area contributed by atoms with Crippen molar-refractivity contribution in [1.29, 1.82) is 0 Å². The van der Waals surface area contributed by atoms with Gasteiger partial charge in [-0.2, -0.15) is 0 Å². The Morgan fingerprint density at radius 1 is 1.64 bits per heavy atom. The Morgan fingerprint density at radius 3 is 2.91 bits per heavy atom. The minimum atomic E-state index is -0.115. The molecular formula is C6H4Cl2N2O. The smallest absolute Gasteiger partial charge is 0.195 e. The van der Waals surface area contributed by atoms with Crippen molar-refractivity contribution in [2.75, 3.05) is 0 Å². The molecule has 0 saturated carbocycles. The Kier molecular flexibility index (Phi) is 2.68. The third-order valence-electron chi connectivity index (χ3n) is 1.04. The third kappa shape index (κ3) is 1.82. The van der Waals surface area contributed by atoms with Crippen LogP contribution < -0.4 is 0 Å². The molecule has 1 rings (SSSR count). The molecule has 1 N–H and O–H groups in total. The van der Waals surface area contributed by atoms with E-state index in [1.165, 1.54) is 6.20 Å². The fourth-order valence-corrected chi connectivity index (χ4v) is 0.995. The Balaban J connectivity index is 3.14. The van der Waals surface area contributed by atoms with Crippen molar-refractivity contribution < 1.29 is 5.21 Å². The fraction of sp³-hybridized carbons (Fsp3) is 0. The molecular weight excluding hydrogens is 187 g/mol. The second-order valence-corrected chi connectivity index (χ2v) is 2.49. The van der Waals surface area contributed by atoms with Crippen LogP contribution in [0.1, 0.15) is 5.69 Å². The van der Waals surface area contributed by atoms with Crippen molar-refractivity contribution in [3.8, 4) is 0 Å². The van der Waals surface area contributed by atoms with Crippen molar-refractivity contribution in [1.82, 2.24) is 4.98 Å². The summed E-state index contributed by atoms with van der Waals surface area (Å²) in [6.45, 7) is 0. The highest BCUT2D eigenvalue weighted by atomic mass is 35.5. The predicted octanol–water partition coefficient (Wildman–Crippen LogP) is 2.11. The number of halogens is 2. The first-order valence-corrected chi connectivity index (χ1v) is 3.49. The minimum Gasteiger partial charge on any atom is -0.410 e. The molecule has 0 fully saturated rings. The van der Waals surface area contributed by atoms with Crippen LogP contribution in [0.25, 0.3) is 0 Å². The van der Waals surface area contributed by atoms with Crippen molar-refractivity contribution in [2.24, 2.45) is 5.16 Å². The van der Waals surface area contributed by atoms with Gasteiger partial charge < -0.3 is 5.21 Å². The molecule has 1 aromatic rings. The van der Waals surface area contributed by atoms with Crippen molar-refractivity contribution in [2.45, 2.75) is 0 Å². The lowest BCUT2D eigenvalue weighted by molar-refractivity contribution is 0.320. The van der Waals surface area contributed by atoms with Crippen LogP contribution in [0.2, 0.25) is 5.02 Å². The molecule has 1 aromatic heterocycles. The maximum Gasteiger partial charge on any atom is 0.195 e. The Labute approximate surface area is 73.3 Å². The molecule has 0 aromatic carbocycles. The van der Waals surface area contributed by atoms with Gasteiger partial charge in [-0.25, -0.2) is 0 Å². The average Bonchev–Trinajstić information content (AvgIpc) is 2.04. The number of pyridine rings is 1. The predicted molar refractivity (Wildman–Crippen MR) is 43.4 cm³/mol. The van der Waals surface area contributed by atoms with Crippen LogP contribution in [-0.2, 0) is 0 Å². The molecule has 5 heteroatoms. The van der Waals surface area contributed by atoms with Gasteiger partial charge in [-0.05, 0) is 12.1 Å². The summed E-state index contributed by atoms with van der Waals surface area (Å²) in [5.41, 5.74) is 0.276. The van der Waals surface area contributed by atoms with Gasteiger partial charge in [-0.3, -0.25) is 4.98 Å². The summed E-state index contributed by atoms with van der Waals surface area (Å²) in [5.74, 6) is 0. The van der Waals surface area contributed by atoms with Crippen molar-refractivity contribution in [3.05, 3.63) is 29.0 Å². The van der Waals surface area contributed by atoms with Gasteiger partial charge in [0.15, 0.2) is 5.17 Å². The van der Waals surface area contributed by atoms with Gasteiger partial charge in [0.05, 0.1) is 5.02 Å². The zero-order valence-electron chi connectivity index (χ0n) is 5.33. The second-order valence-electron chi connectivity index (χ2n) is 1.72. The van der Waals surface area contributed by atoms with E-state index >= 15 is 0 Å². The molecule has 0 amide bonds. The van der Waals surface area contributed by atoms with Crippen LogP contribution in [0.4, 0.5) is 0 Å². The first-order valence-electron chi connectivity index (χ1n) is 2.74. The van der Waals surface area contributed by atoms with Gasteiger partial charge in [0.25, 0.3) is 0 Å². The van der Waals surface area contributed by atoms with Gasteiger partial charge in [0, 0.05) is 6.20 Å². The molecule has 0 saturated heterocycles. The molecule has 0 aliphatic carbocycles. The van der Waals surface area contributed by atoms with E-state index in [-0.39, 0.29) is 10.9 Å². The van der Waals surface area contributed by atoms with Crippen LogP contribution in [0.15, 0.2) is 23.5 Å². The van der Waals surface area contributed by atoms with Crippen LogP contribution in [0.3, 0.4) is 0 Å². The van der Waals surface area contributed by atoms with E-state index in [1.807, 2.05) is 0 Å². The lowest BCUT2D eigenvalue weighted by atomic mass is 10.4. The van der Waals surface area contributed by atoms with Crippen LogP contribution in [0, 0.1) is 0 Å². The maximum atomic E-state index is 8.27. The zero-order chi connectivity index (χ0) is 8.27. The summed E-state index contributed by atoms with van der Waals surface area (Å²) in [4.78, 5) is 3.79. The summed E-state index contributed by atoms with van der Waals surface area (Å²) < 4.78 is 0. The number of nitrogens with zero attached hydrogens (tertiary/aromatic N) is 2. The summed E-state index contributed by atoms with van der Waals surface area (Å²) in [6, 6.07) is 3.27. The Morgan fingerprint density at radius 2 is 2.36 bits per heavy atom. The Hall–Kier alpha value is -0.800. The molecule has 58 valence electrons. The van der Waals surface area contributed by atoms with E-state index in [4.69, 9.17) is 28.4 Å². The number of oxime groups is 1. The molecule has 1 heterocycles. The lowest BCUT2D eigenvalue weighted by Gasteiger charge is -1.96. The number of hydrogen-bond donors (Lipinski definition) is 1. The van der Waals surface area contributed by atoms with Crippen molar-refractivity contribution >= 4 is 28.4 Å². The van der Waals surface area contributed by atoms with Gasteiger partial charge >= 0.3 is 0 Å². The van der Waals surface area contributed by atoms with Crippen molar-refractivity contribution in [3.63, 3.8) is 0 Å². The van der Waals surface area contributed by atoms with E-state index in [0.29, 0.717) is 5.02 Å². The molecule has 11 heavy (non-hydrogen) atoms. The molecule has 0 unspecified atom stereocenters. The fourth-order valence-electron chi connectivity index (χ4n) is 0.585. The topological polar surface area (TPSA) is 45.5 Å². The summed E-state index contributed by atoms with van der Waals surface area (Å²) in [7, 11) is 0. The SMILES string of the molecule is ON=C(Cl)c1ncccc1Cl. The van der Waals surface area contributed by atoms with E-state index in [1.54, 1.807) is 12.1 Å². The summed E-state index contributed by atoms with van der Waals surface area (Å²) in [6.07, 6.45) is 1.51. The zero-order valence-corrected chi connectivity index (χ0v) is 6.84. The van der Waals surface area contributed by atoms with Gasteiger partial charge in [0.2, 0.25) is 0 Å². The summed E-state index contributed by atoms with van der Waals surface area (Å²) >= 11 is 11.1. The quantitative estimate of drug-likeness (QED) is 0.419.